The second kappa shape index (κ2) is 6.10. The van der Waals surface area contributed by atoms with Gasteiger partial charge in [-0.05, 0) is 18.6 Å². The van der Waals surface area contributed by atoms with E-state index in [1.165, 1.54) is 0 Å². The van der Waals surface area contributed by atoms with Crippen LogP contribution in [-0.4, -0.2) is 42.5 Å². The van der Waals surface area contributed by atoms with Crippen molar-refractivity contribution in [3.8, 4) is 0 Å². The number of nitrogens with zero attached hydrogens (tertiary/aromatic N) is 2. The molecule has 1 aliphatic heterocycles. The highest BCUT2D eigenvalue weighted by Gasteiger charge is 2.16. The van der Waals surface area contributed by atoms with Gasteiger partial charge in [0.2, 0.25) is 5.91 Å². The van der Waals surface area contributed by atoms with Crippen molar-refractivity contribution in [2.75, 3.05) is 32.0 Å². The minimum atomic E-state index is 0.104. The van der Waals surface area contributed by atoms with E-state index < -0.39 is 0 Å². The third kappa shape index (κ3) is 3.13. The molecule has 0 saturated carbocycles. The molecule has 1 amide bonds. The second-order valence-electron chi connectivity index (χ2n) is 5.35. The standard InChI is InChI=1S/C16H20N4O/c1-17-16-13(9-12-5-2-3-6-14(12)19-16)10-20-8-4-7-18-15(21)11-20/h2-3,5-6,9H,4,7-8,10-11H2,1H3,(H,17,19)(H,18,21). The largest absolute Gasteiger partial charge is 0.373 e. The number of para-hydroxylation sites is 1. The van der Waals surface area contributed by atoms with E-state index in [0.717, 1.165) is 48.3 Å². The van der Waals surface area contributed by atoms with Crippen molar-refractivity contribution in [3.05, 3.63) is 35.9 Å². The molecule has 0 aliphatic carbocycles. The summed E-state index contributed by atoms with van der Waals surface area (Å²) in [6.45, 7) is 2.89. The molecular weight excluding hydrogens is 264 g/mol. The number of pyridine rings is 1. The molecule has 5 nitrogen and oxygen atoms in total. The number of hydrogen-bond acceptors (Lipinski definition) is 4. The number of amides is 1. The van der Waals surface area contributed by atoms with Crippen LogP contribution in [0, 0.1) is 0 Å². The predicted octanol–water partition coefficient (Wildman–Crippen LogP) is 1.60. The zero-order chi connectivity index (χ0) is 14.7. The van der Waals surface area contributed by atoms with Gasteiger partial charge in [0, 0.05) is 37.6 Å². The minimum absolute atomic E-state index is 0.104. The van der Waals surface area contributed by atoms with Gasteiger partial charge in [0.05, 0.1) is 12.1 Å². The summed E-state index contributed by atoms with van der Waals surface area (Å²) in [7, 11) is 1.88. The third-order valence-corrected chi connectivity index (χ3v) is 3.77. The lowest BCUT2D eigenvalue weighted by atomic mass is 10.1. The van der Waals surface area contributed by atoms with E-state index >= 15 is 0 Å². The molecule has 5 heteroatoms. The molecule has 2 heterocycles. The lowest BCUT2D eigenvalue weighted by Crippen LogP contribution is -2.32. The van der Waals surface area contributed by atoms with Crippen LogP contribution in [0.25, 0.3) is 10.9 Å². The van der Waals surface area contributed by atoms with Crippen LogP contribution in [0.15, 0.2) is 30.3 Å². The summed E-state index contributed by atoms with van der Waals surface area (Å²) in [5.41, 5.74) is 2.12. The van der Waals surface area contributed by atoms with E-state index in [1.54, 1.807) is 0 Å². The lowest BCUT2D eigenvalue weighted by Gasteiger charge is -2.20. The first-order valence-electron chi connectivity index (χ1n) is 7.32. The van der Waals surface area contributed by atoms with Gasteiger partial charge in [0.15, 0.2) is 0 Å². The van der Waals surface area contributed by atoms with E-state index in [1.807, 2.05) is 25.2 Å². The summed E-state index contributed by atoms with van der Waals surface area (Å²) >= 11 is 0. The molecular formula is C16H20N4O. The van der Waals surface area contributed by atoms with Crippen molar-refractivity contribution in [2.24, 2.45) is 0 Å². The fourth-order valence-electron chi connectivity index (χ4n) is 2.74. The Labute approximate surface area is 124 Å². The van der Waals surface area contributed by atoms with Crippen LogP contribution < -0.4 is 10.6 Å². The van der Waals surface area contributed by atoms with Crippen molar-refractivity contribution in [3.63, 3.8) is 0 Å². The number of carbonyl (C=O) groups excluding carboxylic acids is 1. The van der Waals surface area contributed by atoms with Gasteiger partial charge in [-0.15, -0.1) is 0 Å². The normalized spacial score (nSPS) is 16.5. The summed E-state index contributed by atoms with van der Waals surface area (Å²) in [6.07, 6.45) is 0.988. The number of rotatable bonds is 3. The molecule has 1 aromatic heterocycles. The number of nitrogens with one attached hydrogen (secondary N) is 2. The van der Waals surface area contributed by atoms with E-state index in [0.29, 0.717) is 6.54 Å². The Balaban J connectivity index is 1.89. The van der Waals surface area contributed by atoms with Gasteiger partial charge in [0.25, 0.3) is 0 Å². The Bertz CT molecular complexity index is 656. The minimum Gasteiger partial charge on any atom is -0.373 e. The average Bonchev–Trinajstić information content (AvgIpc) is 2.70. The Morgan fingerprint density at radius 2 is 2.24 bits per heavy atom. The number of hydrogen-bond donors (Lipinski definition) is 2. The third-order valence-electron chi connectivity index (χ3n) is 3.77. The van der Waals surface area contributed by atoms with Crippen molar-refractivity contribution in [1.29, 1.82) is 0 Å². The molecule has 110 valence electrons. The van der Waals surface area contributed by atoms with Crippen LogP contribution in [0.3, 0.4) is 0 Å². The number of aromatic nitrogens is 1. The van der Waals surface area contributed by atoms with Crippen molar-refractivity contribution in [1.82, 2.24) is 15.2 Å². The van der Waals surface area contributed by atoms with Crippen LogP contribution in [0.5, 0.6) is 0 Å². The van der Waals surface area contributed by atoms with Crippen LogP contribution in [0.4, 0.5) is 5.82 Å². The molecule has 1 saturated heterocycles. The van der Waals surface area contributed by atoms with Crippen LogP contribution in [0.1, 0.15) is 12.0 Å². The zero-order valence-corrected chi connectivity index (χ0v) is 12.2. The van der Waals surface area contributed by atoms with E-state index in [-0.39, 0.29) is 5.91 Å². The Morgan fingerprint density at radius 3 is 3.10 bits per heavy atom. The summed E-state index contributed by atoms with van der Waals surface area (Å²) in [6, 6.07) is 10.3. The zero-order valence-electron chi connectivity index (χ0n) is 12.2. The Hall–Kier alpha value is -2.14. The molecule has 0 bridgehead atoms. The SMILES string of the molecule is CNc1nc2ccccc2cc1CN1CCCNC(=O)C1. The fourth-order valence-corrected chi connectivity index (χ4v) is 2.74. The summed E-state index contributed by atoms with van der Waals surface area (Å²) < 4.78 is 0. The van der Waals surface area contributed by atoms with Crippen molar-refractivity contribution in [2.45, 2.75) is 13.0 Å². The van der Waals surface area contributed by atoms with Gasteiger partial charge >= 0.3 is 0 Å². The molecule has 0 unspecified atom stereocenters. The number of carbonyl (C=O) groups is 1. The predicted molar refractivity (Wildman–Crippen MR) is 84.2 cm³/mol. The van der Waals surface area contributed by atoms with Crippen molar-refractivity contribution >= 4 is 22.6 Å². The molecule has 1 fully saturated rings. The van der Waals surface area contributed by atoms with Crippen molar-refractivity contribution < 1.29 is 4.79 Å². The summed E-state index contributed by atoms with van der Waals surface area (Å²) in [5.74, 6) is 0.991. The first-order chi connectivity index (χ1) is 10.3. The number of anilines is 1. The molecule has 2 N–H and O–H groups in total. The molecule has 1 aromatic carbocycles. The quantitative estimate of drug-likeness (QED) is 0.899. The maximum atomic E-state index is 11.7. The lowest BCUT2D eigenvalue weighted by molar-refractivity contribution is -0.121. The molecule has 21 heavy (non-hydrogen) atoms. The highest BCUT2D eigenvalue weighted by atomic mass is 16.2. The van der Waals surface area contributed by atoms with Gasteiger partial charge in [-0.25, -0.2) is 4.98 Å². The van der Waals surface area contributed by atoms with Gasteiger partial charge in [-0.2, -0.15) is 0 Å². The first kappa shape index (κ1) is 13.8. The highest BCUT2D eigenvalue weighted by Crippen LogP contribution is 2.21. The Kier molecular flexibility index (Phi) is 4.01. The van der Waals surface area contributed by atoms with Crippen LogP contribution in [-0.2, 0) is 11.3 Å². The Morgan fingerprint density at radius 1 is 1.38 bits per heavy atom. The molecule has 3 rings (SSSR count). The molecule has 1 aliphatic rings. The average molecular weight is 284 g/mol. The monoisotopic (exact) mass is 284 g/mol. The van der Waals surface area contributed by atoms with Crippen LogP contribution in [0.2, 0.25) is 0 Å². The fraction of sp³-hybridized carbons (Fsp3) is 0.375. The first-order valence-corrected chi connectivity index (χ1v) is 7.32. The van der Waals surface area contributed by atoms with Crippen LogP contribution >= 0.6 is 0 Å². The molecule has 2 aromatic rings. The summed E-state index contributed by atoms with van der Waals surface area (Å²) in [4.78, 5) is 18.5. The highest BCUT2D eigenvalue weighted by molar-refractivity contribution is 5.81. The van der Waals surface area contributed by atoms with Gasteiger partial charge in [-0.1, -0.05) is 18.2 Å². The van der Waals surface area contributed by atoms with E-state index in [4.69, 9.17) is 0 Å². The van der Waals surface area contributed by atoms with Gasteiger partial charge in [-0.3, -0.25) is 9.69 Å². The smallest absolute Gasteiger partial charge is 0.234 e. The maximum absolute atomic E-state index is 11.7. The molecule has 0 radical (unpaired) electrons. The molecule has 0 atom stereocenters. The maximum Gasteiger partial charge on any atom is 0.234 e. The van der Waals surface area contributed by atoms with Gasteiger partial charge < -0.3 is 10.6 Å². The van der Waals surface area contributed by atoms with Gasteiger partial charge in [0.1, 0.15) is 5.82 Å². The number of fused-ring (bicyclic) bond motifs is 1. The summed E-state index contributed by atoms with van der Waals surface area (Å²) in [5, 5.41) is 7.20. The van der Waals surface area contributed by atoms with E-state index in [2.05, 4.69) is 32.7 Å². The molecule has 0 spiro atoms. The number of benzene rings is 1. The topological polar surface area (TPSA) is 57.3 Å². The second-order valence-corrected chi connectivity index (χ2v) is 5.35. The van der Waals surface area contributed by atoms with E-state index in [9.17, 15) is 4.79 Å².